The second-order valence-electron chi connectivity index (χ2n) is 4.82. The lowest BCUT2D eigenvalue weighted by atomic mass is 9.97. The van der Waals surface area contributed by atoms with E-state index < -0.39 is 0 Å². The van der Waals surface area contributed by atoms with Crippen LogP contribution in [0.3, 0.4) is 0 Å². The Bertz CT molecular complexity index is 587. The Labute approximate surface area is 114 Å². The average Bonchev–Trinajstić information content (AvgIpc) is 2.82. The van der Waals surface area contributed by atoms with Gasteiger partial charge in [0.05, 0.1) is 25.5 Å². The largest absolute Gasteiger partial charge is 0.496 e. The van der Waals surface area contributed by atoms with Gasteiger partial charge in [0, 0.05) is 5.56 Å². The van der Waals surface area contributed by atoms with Crippen LogP contribution < -0.4 is 10.1 Å². The van der Waals surface area contributed by atoms with Crippen LogP contribution in [0.5, 0.6) is 5.75 Å². The summed E-state index contributed by atoms with van der Waals surface area (Å²) in [4.78, 5) is 7.72. The van der Waals surface area contributed by atoms with Crippen molar-refractivity contribution in [3.63, 3.8) is 0 Å². The van der Waals surface area contributed by atoms with Crippen molar-refractivity contribution in [3.05, 3.63) is 34.8 Å². The molecule has 0 saturated heterocycles. The van der Waals surface area contributed by atoms with E-state index >= 15 is 0 Å². The summed E-state index contributed by atoms with van der Waals surface area (Å²) in [7, 11) is 3.62. The fourth-order valence-electron chi connectivity index (χ4n) is 2.39. The van der Waals surface area contributed by atoms with Gasteiger partial charge in [-0.2, -0.15) is 0 Å². The van der Waals surface area contributed by atoms with Crippen LogP contribution in [0.15, 0.2) is 12.3 Å². The molecular weight excluding hydrogens is 238 g/mol. The Morgan fingerprint density at radius 3 is 2.63 bits per heavy atom. The molecule has 0 fully saturated rings. The third kappa shape index (κ3) is 2.49. The zero-order valence-electron chi connectivity index (χ0n) is 12.2. The van der Waals surface area contributed by atoms with Crippen molar-refractivity contribution < 1.29 is 4.74 Å². The molecule has 0 unspecified atom stereocenters. The highest BCUT2D eigenvalue weighted by molar-refractivity contribution is 5.73. The van der Waals surface area contributed by atoms with E-state index in [-0.39, 0.29) is 0 Å². The summed E-state index contributed by atoms with van der Waals surface area (Å²) in [6.07, 6.45) is 1.87. The quantitative estimate of drug-likeness (QED) is 0.887. The van der Waals surface area contributed by atoms with Crippen LogP contribution in [0.4, 0.5) is 0 Å². The summed E-state index contributed by atoms with van der Waals surface area (Å²) in [5.74, 6) is 1.86. The molecule has 1 aromatic heterocycles. The lowest BCUT2D eigenvalue weighted by molar-refractivity contribution is 0.412. The normalized spacial score (nSPS) is 10.8. The van der Waals surface area contributed by atoms with Crippen molar-refractivity contribution in [2.45, 2.75) is 27.3 Å². The maximum absolute atomic E-state index is 5.60. The number of hydrogen-bond acceptors (Lipinski definition) is 3. The van der Waals surface area contributed by atoms with E-state index in [1.54, 1.807) is 7.11 Å². The van der Waals surface area contributed by atoms with Gasteiger partial charge in [-0.05, 0) is 44.5 Å². The number of methoxy groups -OCH3 is 1. The van der Waals surface area contributed by atoms with Crippen LogP contribution in [-0.4, -0.2) is 24.1 Å². The maximum atomic E-state index is 5.60. The van der Waals surface area contributed by atoms with Gasteiger partial charge in [0.15, 0.2) is 0 Å². The van der Waals surface area contributed by atoms with E-state index in [1.165, 1.54) is 16.7 Å². The second kappa shape index (κ2) is 5.45. The number of imidazole rings is 1. The minimum absolute atomic E-state index is 0.728. The molecule has 4 nitrogen and oxygen atoms in total. The van der Waals surface area contributed by atoms with Crippen molar-refractivity contribution in [3.8, 4) is 17.0 Å². The minimum Gasteiger partial charge on any atom is -0.496 e. The Hall–Kier alpha value is -1.81. The maximum Gasteiger partial charge on any atom is 0.131 e. The molecule has 1 aromatic carbocycles. The molecule has 1 heterocycles. The van der Waals surface area contributed by atoms with E-state index in [0.717, 1.165) is 29.4 Å². The first kappa shape index (κ1) is 13.6. The van der Waals surface area contributed by atoms with Gasteiger partial charge < -0.3 is 15.0 Å². The highest BCUT2D eigenvalue weighted by Crippen LogP contribution is 2.36. The Kier molecular flexibility index (Phi) is 3.90. The molecule has 19 heavy (non-hydrogen) atoms. The van der Waals surface area contributed by atoms with Crippen molar-refractivity contribution in [1.82, 2.24) is 15.3 Å². The number of ether oxygens (including phenoxy) is 1. The van der Waals surface area contributed by atoms with E-state index in [9.17, 15) is 0 Å². The smallest absolute Gasteiger partial charge is 0.131 e. The highest BCUT2D eigenvalue weighted by atomic mass is 16.5. The summed E-state index contributed by atoms with van der Waals surface area (Å²) in [5.41, 5.74) is 5.71. The first-order valence-electron chi connectivity index (χ1n) is 6.42. The first-order chi connectivity index (χ1) is 9.08. The van der Waals surface area contributed by atoms with Crippen LogP contribution in [0, 0.1) is 20.8 Å². The molecule has 4 heteroatoms. The molecule has 0 saturated carbocycles. The van der Waals surface area contributed by atoms with Gasteiger partial charge >= 0.3 is 0 Å². The van der Waals surface area contributed by atoms with Crippen molar-refractivity contribution in [2.75, 3.05) is 14.2 Å². The van der Waals surface area contributed by atoms with E-state index in [0.29, 0.717) is 0 Å². The Morgan fingerprint density at radius 2 is 2.00 bits per heavy atom. The van der Waals surface area contributed by atoms with Crippen LogP contribution in [0.25, 0.3) is 11.3 Å². The summed E-state index contributed by atoms with van der Waals surface area (Å²) in [5, 5.41) is 3.09. The van der Waals surface area contributed by atoms with Gasteiger partial charge in [-0.15, -0.1) is 0 Å². The first-order valence-corrected chi connectivity index (χ1v) is 6.42. The predicted molar refractivity (Wildman–Crippen MR) is 77.6 cm³/mol. The van der Waals surface area contributed by atoms with Gasteiger partial charge in [0.1, 0.15) is 11.6 Å². The number of benzene rings is 1. The molecule has 0 aliphatic rings. The predicted octanol–water partition coefficient (Wildman–Crippen LogP) is 2.73. The number of rotatable bonds is 4. The number of H-pyrrole nitrogens is 1. The average molecular weight is 259 g/mol. The number of aromatic nitrogens is 2. The van der Waals surface area contributed by atoms with Crippen molar-refractivity contribution in [2.24, 2.45) is 0 Å². The summed E-state index contributed by atoms with van der Waals surface area (Å²) in [6, 6.07) is 2.19. The molecule has 0 spiro atoms. The summed E-state index contributed by atoms with van der Waals surface area (Å²) in [6.45, 7) is 7.02. The zero-order valence-corrected chi connectivity index (χ0v) is 12.2. The Balaban J connectivity index is 2.57. The fraction of sp³-hybridized carbons (Fsp3) is 0.400. The minimum atomic E-state index is 0.728. The molecule has 0 amide bonds. The van der Waals surface area contributed by atoms with E-state index in [4.69, 9.17) is 4.74 Å². The van der Waals surface area contributed by atoms with E-state index in [2.05, 4.69) is 42.1 Å². The molecule has 2 rings (SSSR count). The topological polar surface area (TPSA) is 49.9 Å². The molecule has 102 valence electrons. The number of aryl methyl sites for hydroxylation is 2. The van der Waals surface area contributed by atoms with Crippen molar-refractivity contribution >= 4 is 0 Å². The summed E-state index contributed by atoms with van der Waals surface area (Å²) < 4.78 is 5.60. The lowest BCUT2D eigenvalue weighted by Gasteiger charge is -2.15. The molecule has 0 atom stereocenters. The van der Waals surface area contributed by atoms with Crippen LogP contribution in [0.1, 0.15) is 22.5 Å². The number of nitrogens with one attached hydrogen (secondary N) is 2. The SMILES string of the molecule is CNCc1ncc(-c2c(C)cc(C)c(C)c2OC)[nH]1. The number of aromatic amines is 1. The molecular formula is C15H21N3O. The third-order valence-electron chi connectivity index (χ3n) is 3.43. The highest BCUT2D eigenvalue weighted by Gasteiger charge is 2.15. The van der Waals surface area contributed by atoms with Crippen molar-refractivity contribution in [1.29, 1.82) is 0 Å². The lowest BCUT2D eigenvalue weighted by Crippen LogP contribution is -2.06. The molecule has 2 N–H and O–H groups in total. The number of hydrogen-bond donors (Lipinski definition) is 2. The third-order valence-corrected chi connectivity index (χ3v) is 3.43. The van der Waals surface area contributed by atoms with Crippen LogP contribution in [-0.2, 0) is 6.54 Å². The Morgan fingerprint density at radius 1 is 1.26 bits per heavy atom. The monoisotopic (exact) mass is 259 g/mol. The standard InChI is InChI=1S/C15H21N3O/c1-9-6-10(2)14(15(19-5)11(9)3)12-7-17-13(18-12)8-16-4/h6-7,16H,8H2,1-5H3,(H,17,18). The summed E-state index contributed by atoms with van der Waals surface area (Å²) >= 11 is 0. The zero-order chi connectivity index (χ0) is 14.0. The van der Waals surface area contributed by atoms with Gasteiger partial charge in [-0.1, -0.05) is 6.07 Å². The van der Waals surface area contributed by atoms with Crippen LogP contribution >= 0.6 is 0 Å². The van der Waals surface area contributed by atoms with Gasteiger partial charge in [-0.3, -0.25) is 0 Å². The van der Waals surface area contributed by atoms with Gasteiger partial charge in [0.2, 0.25) is 0 Å². The van der Waals surface area contributed by atoms with Gasteiger partial charge in [-0.25, -0.2) is 4.98 Å². The van der Waals surface area contributed by atoms with Gasteiger partial charge in [0.25, 0.3) is 0 Å². The molecule has 0 aliphatic carbocycles. The fourth-order valence-corrected chi connectivity index (χ4v) is 2.39. The molecule has 2 aromatic rings. The number of nitrogens with zero attached hydrogens (tertiary/aromatic N) is 1. The molecule has 0 bridgehead atoms. The van der Waals surface area contributed by atoms with Crippen LogP contribution in [0.2, 0.25) is 0 Å². The molecule has 0 aliphatic heterocycles. The molecule has 0 radical (unpaired) electrons. The second-order valence-corrected chi connectivity index (χ2v) is 4.82. The van der Waals surface area contributed by atoms with E-state index in [1.807, 2.05) is 13.2 Å².